The molecule has 3 aromatic rings. The largest absolute Gasteiger partial charge is 0.504 e. The summed E-state index contributed by atoms with van der Waals surface area (Å²) in [6.45, 7) is 0. The number of hydrogen-bond donors (Lipinski definition) is 2. The van der Waals surface area contributed by atoms with Gasteiger partial charge in [0, 0.05) is 23.5 Å². The van der Waals surface area contributed by atoms with Gasteiger partial charge in [0.25, 0.3) is 5.89 Å². The predicted octanol–water partition coefficient (Wildman–Crippen LogP) is 2.21. The fourth-order valence-corrected chi connectivity index (χ4v) is 1.62. The van der Waals surface area contributed by atoms with Gasteiger partial charge in [0.05, 0.1) is 0 Å². The van der Waals surface area contributed by atoms with Gasteiger partial charge in [-0.2, -0.15) is 4.98 Å². The Hall–Kier alpha value is -2.89. The minimum absolute atomic E-state index is 0.197. The lowest BCUT2D eigenvalue weighted by molar-refractivity contribution is 0.402. The summed E-state index contributed by atoms with van der Waals surface area (Å²) in [5, 5.41) is 22.5. The summed E-state index contributed by atoms with van der Waals surface area (Å²) in [4.78, 5) is 8.13. The minimum atomic E-state index is -0.235. The summed E-state index contributed by atoms with van der Waals surface area (Å²) >= 11 is 0. The highest BCUT2D eigenvalue weighted by atomic mass is 16.5. The quantitative estimate of drug-likeness (QED) is 0.682. The van der Waals surface area contributed by atoms with Crippen LogP contribution in [0.3, 0.4) is 0 Å². The number of phenolic OH excluding ortho intramolecular Hbond substituents is 2. The summed E-state index contributed by atoms with van der Waals surface area (Å²) in [5.74, 6) is 0.269. The molecule has 0 fully saturated rings. The van der Waals surface area contributed by atoms with Crippen LogP contribution in [-0.4, -0.2) is 25.3 Å². The Morgan fingerprint density at radius 1 is 0.895 bits per heavy atom. The van der Waals surface area contributed by atoms with Crippen molar-refractivity contribution >= 4 is 0 Å². The van der Waals surface area contributed by atoms with E-state index < -0.39 is 0 Å². The standard InChI is InChI=1S/C13H9N3O3/c17-10-2-1-9(7-11(10)18)13-15-12(16-19-13)8-3-5-14-6-4-8/h1-7,17-18H. The van der Waals surface area contributed by atoms with Gasteiger partial charge in [-0.15, -0.1) is 0 Å². The van der Waals surface area contributed by atoms with Crippen LogP contribution in [0.5, 0.6) is 11.5 Å². The second kappa shape index (κ2) is 4.41. The van der Waals surface area contributed by atoms with Crippen LogP contribution in [0.2, 0.25) is 0 Å². The third kappa shape index (κ3) is 2.11. The van der Waals surface area contributed by atoms with Crippen LogP contribution in [0.4, 0.5) is 0 Å². The molecule has 0 aliphatic heterocycles. The van der Waals surface area contributed by atoms with Gasteiger partial charge < -0.3 is 14.7 Å². The molecule has 0 unspecified atom stereocenters. The molecule has 0 amide bonds. The second-order valence-corrected chi connectivity index (χ2v) is 3.86. The Morgan fingerprint density at radius 2 is 1.68 bits per heavy atom. The number of aromatic nitrogens is 3. The number of nitrogens with zero attached hydrogens (tertiary/aromatic N) is 3. The maximum Gasteiger partial charge on any atom is 0.258 e. The molecule has 0 spiro atoms. The fourth-order valence-electron chi connectivity index (χ4n) is 1.62. The topological polar surface area (TPSA) is 92.3 Å². The van der Waals surface area contributed by atoms with Gasteiger partial charge in [0.15, 0.2) is 11.5 Å². The molecule has 2 aromatic heterocycles. The van der Waals surface area contributed by atoms with Gasteiger partial charge in [-0.05, 0) is 30.3 Å². The highest BCUT2D eigenvalue weighted by Gasteiger charge is 2.12. The average molecular weight is 255 g/mol. The first-order valence-corrected chi connectivity index (χ1v) is 5.50. The molecule has 0 aliphatic rings. The van der Waals surface area contributed by atoms with Gasteiger partial charge >= 0.3 is 0 Å². The Bertz CT molecular complexity index is 710. The van der Waals surface area contributed by atoms with Crippen LogP contribution in [0.15, 0.2) is 47.2 Å². The molecular weight excluding hydrogens is 246 g/mol. The maximum absolute atomic E-state index is 9.44. The van der Waals surface area contributed by atoms with Crippen molar-refractivity contribution in [3.05, 3.63) is 42.7 Å². The molecule has 19 heavy (non-hydrogen) atoms. The molecular formula is C13H9N3O3. The lowest BCUT2D eigenvalue weighted by Gasteiger charge is -1.98. The van der Waals surface area contributed by atoms with E-state index in [0.29, 0.717) is 11.4 Å². The van der Waals surface area contributed by atoms with Gasteiger partial charge in [-0.25, -0.2) is 0 Å². The van der Waals surface area contributed by atoms with E-state index in [4.69, 9.17) is 4.52 Å². The first-order chi connectivity index (χ1) is 9.24. The van der Waals surface area contributed by atoms with Crippen molar-refractivity contribution in [2.75, 3.05) is 0 Å². The van der Waals surface area contributed by atoms with Crippen molar-refractivity contribution in [2.45, 2.75) is 0 Å². The van der Waals surface area contributed by atoms with Crippen molar-refractivity contribution in [2.24, 2.45) is 0 Å². The Morgan fingerprint density at radius 3 is 2.42 bits per heavy atom. The van der Waals surface area contributed by atoms with Crippen LogP contribution >= 0.6 is 0 Å². The summed E-state index contributed by atoms with van der Waals surface area (Å²) in [6.07, 6.45) is 3.27. The zero-order valence-corrected chi connectivity index (χ0v) is 9.69. The van der Waals surface area contributed by atoms with E-state index >= 15 is 0 Å². The van der Waals surface area contributed by atoms with E-state index in [9.17, 15) is 10.2 Å². The Labute approximate surface area is 108 Å². The van der Waals surface area contributed by atoms with E-state index in [0.717, 1.165) is 5.56 Å². The predicted molar refractivity (Wildman–Crippen MR) is 66.3 cm³/mol. The van der Waals surface area contributed by atoms with Gasteiger partial charge in [0.1, 0.15) is 0 Å². The number of rotatable bonds is 2. The number of pyridine rings is 1. The third-order valence-electron chi connectivity index (χ3n) is 2.59. The Balaban J connectivity index is 1.99. The van der Waals surface area contributed by atoms with Gasteiger partial charge in [-0.1, -0.05) is 5.16 Å². The van der Waals surface area contributed by atoms with Crippen LogP contribution in [0, 0.1) is 0 Å². The molecule has 2 N–H and O–H groups in total. The van der Waals surface area contributed by atoms with Crippen molar-refractivity contribution in [1.29, 1.82) is 0 Å². The zero-order chi connectivity index (χ0) is 13.2. The molecule has 3 rings (SSSR count). The second-order valence-electron chi connectivity index (χ2n) is 3.86. The molecule has 1 aromatic carbocycles. The molecule has 0 saturated heterocycles. The first-order valence-electron chi connectivity index (χ1n) is 5.50. The van der Waals surface area contributed by atoms with Crippen molar-refractivity contribution < 1.29 is 14.7 Å². The maximum atomic E-state index is 9.44. The number of hydrogen-bond acceptors (Lipinski definition) is 6. The monoisotopic (exact) mass is 255 g/mol. The fraction of sp³-hybridized carbons (Fsp3) is 0. The van der Waals surface area contributed by atoms with E-state index in [1.165, 1.54) is 12.1 Å². The summed E-state index contributed by atoms with van der Waals surface area (Å²) in [5.41, 5.74) is 1.32. The highest BCUT2D eigenvalue weighted by molar-refractivity contribution is 5.62. The van der Waals surface area contributed by atoms with Crippen molar-refractivity contribution in [3.8, 4) is 34.3 Å². The molecule has 6 nitrogen and oxygen atoms in total. The molecule has 0 bridgehead atoms. The minimum Gasteiger partial charge on any atom is -0.504 e. The van der Waals surface area contributed by atoms with Crippen molar-refractivity contribution in [1.82, 2.24) is 15.1 Å². The van der Waals surface area contributed by atoms with E-state index in [-0.39, 0.29) is 17.4 Å². The van der Waals surface area contributed by atoms with Crippen LogP contribution in [0.25, 0.3) is 22.8 Å². The average Bonchev–Trinajstić information content (AvgIpc) is 2.93. The van der Waals surface area contributed by atoms with Crippen LogP contribution in [0.1, 0.15) is 0 Å². The number of benzene rings is 1. The van der Waals surface area contributed by atoms with Crippen LogP contribution < -0.4 is 0 Å². The number of phenols is 2. The molecule has 2 heterocycles. The Kier molecular flexibility index (Phi) is 2.60. The van der Waals surface area contributed by atoms with Gasteiger partial charge in [-0.3, -0.25) is 4.98 Å². The van der Waals surface area contributed by atoms with E-state index in [1.54, 1.807) is 30.6 Å². The van der Waals surface area contributed by atoms with E-state index in [2.05, 4.69) is 15.1 Å². The normalized spacial score (nSPS) is 10.5. The van der Waals surface area contributed by atoms with Crippen LogP contribution in [-0.2, 0) is 0 Å². The zero-order valence-electron chi connectivity index (χ0n) is 9.69. The summed E-state index contributed by atoms with van der Waals surface area (Å²) in [7, 11) is 0. The highest BCUT2D eigenvalue weighted by Crippen LogP contribution is 2.30. The summed E-state index contributed by atoms with van der Waals surface area (Å²) < 4.78 is 5.13. The first kappa shape index (κ1) is 11.2. The molecule has 0 saturated carbocycles. The SMILES string of the molecule is Oc1ccc(-c2nc(-c3ccncc3)no2)cc1O. The van der Waals surface area contributed by atoms with E-state index in [1.807, 2.05) is 0 Å². The molecule has 94 valence electrons. The third-order valence-corrected chi connectivity index (χ3v) is 2.59. The summed E-state index contributed by atoms with van der Waals surface area (Å²) in [6, 6.07) is 7.84. The lowest BCUT2D eigenvalue weighted by atomic mass is 10.2. The molecule has 0 aliphatic carbocycles. The van der Waals surface area contributed by atoms with Gasteiger partial charge in [0.2, 0.25) is 5.82 Å². The molecule has 0 radical (unpaired) electrons. The smallest absolute Gasteiger partial charge is 0.258 e. The molecule has 6 heteroatoms. The molecule has 0 atom stereocenters. The number of aromatic hydroxyl groups is 2. The van der Waals surface area contributed by atoms with Crippen molar-refractivity contribution in [3.63, 3.8) is 0 Å². The lowest BCUT2D eigenvalue weighted by Crippen LogP contribution is -1.81.